The first-order valence-electron chi connectivity index (χ1n) is 6.78. The molecule has 4 nitrogen and oxygen atoms in total. The molecular formula is C16H15F4NO3. The molecule has 0 bridgehead atoms. The summed E-state index contributed by atoms with van der Waals surface area (Å²) in [6, 6.07) is 6.52. The van der Waals surface area contributed by atoms with E-state index in [1.165, 1.54) is 32.4 Å². The number of ether oxygens (including phenoxy) is 3. The molecule has 0 saturated carbocycles. The Kier molecular flexibility index (Phi) is 5.18. The highest BCUT2D eigenvalue weighted by atomic mass is 19.4. The third-order valence-electron chi connectivity index (χ3n) is 3.31. The Labute approximate surface area is 135 Å². The second-order valence-electron chi connectivity index (χ2n) is 4.82. The van der Waals surface area contributed by atoms with E-state index in [1.54, 1.807) is 0 Å². The lowest BCUT2D eigenvalue weighted by atomic mass is 9.98. The zero-order valence-corrected chi connectivity index (χ0v) is 12.9. The molecule has 2 aromatic rings. The third-order valence-corrected chi connectivity index (χ3v) is 3.31. The molecule has 0 fully saturated rings. The highest BCUT2D eigenvalue weighted by Crippen LogP contribution is 2.34. The van der Waals surface area contributed by atoms with Crippen molar-refractivity contribution in [3.63, 3.8) is 0 Å². The van der Waals surface area contributed by atoms with Gasteiger partial charge in [-0.2, -0.15) is 0 Å². The lowest BCUT2D eigenvalue weighted by Crippen LogP contribution is -2.17. The van der Waals surface area contributed by atoms with E-state index in [9.17, 15) is 17.6 Å². The summed E-state index contributed by atoms with van der Waals surface area (Å²) in [6.45, 7) is 0. The molecule has 8 heteroatoms. The van der Waals surface area contributed by atoms with Crippen molar-refractivity contribution >= 4 is 0 Å². The Balaban J connectivity index is 2.30. The largest absolute Gasteiger partial charge is 0.573 e. The average Bonchev–Trinajstić information content (AvgIpc) is 2.53. The molecule has 0 aliphatic rings. The molecule has 0 spiro atoms. The first kappa shape index (κ1) is 17.9. The molecule has 2 rings (SSSR count). The number of methoxy groups -OCH3 is 2. The predicted octanol–water partition coefficient (Wildman–Crippen LogP) is 3.79. The summed E-state index contributed by atoms with van der Waals surface area (Å²) in [4.78, 5) is 0. The van der Waals surface area contributed by atoms with Gasteiger partial charge in [0.2, 0.25) is 0 Å². The van der Waals surface area contributed by atoms with Crippen molar-refractivity contribution in [3.8, 4) is 17.2 Å². The Morgan fingerprint density at radius 3 is 2.00 bits per heavy atom. The molecule has 130 valence electrons. The van der Waals surface area contributed by atoms with Crippen molar-refractivity contribution in [3.05, 3.63) is 53.3 Å². The Hall–Kier alpha value is -2.48. The van der Waals surface area contributed by atoms with E-state index in [0.29, 0.717) is 11.3 Å². The highest BCUT2D eigenvalue weighted by molar-refractivity contribution is 5.47. The second kappa shape index (κ2) is 6.96. The van der Waals surface area contributed by atoms with Gasteiger partial charge in [-0.25, -0.2) is 4.39 Å². The lowest BCUT2D eigenvalue weighted by molar-refractivity contribution is -0.274. The summed E-state index contributed by atoms with van der Waals surface area (Å²) < 4.78 is 64.5. The number of hydrogen-bond acceptors (Lipinski definition) is 4. The Morgan fingerprint density at radius 2 is 1.50 bits per heavy atom. The fourth-order valence-electron chi connectivity index (χ4n) is 2.16. The van der Waals surface area contributed by atoms with Gasteiger partial charge in [0.05, 0.1) is 20.3 Å². The molecule has 0 radical (unpaired) electrons. The van der Waals surface area contributed by atoms with Gasteiger partial charge >= 0.3 is 6.36 Å². The number of alkyl halides is 3. The van der Waals surface area contributed by atoms with Crippen LogP contribution in [-0.2, 0) is 0 Å². The van der Waals surface area contributed by atoms with Crippen molar-refractivity contribution in [2.45, 2.75) is 12.4 Å². The third kappa shape index (κ3) is 4.08. The van der Waals surface area contributed by atoms with Gasteiger partial charge in [-0.1, -0.05) is 12.1 Å². The van der Waals surface area contributed by atoms with Gasteiger partial charge in [-0.05, 0) is 23.8 Å². The molecule has 0 aliphatic carbocycles. The predicted molar refractivity (Wildman–Crippen MR) is 78.7 cm³/mol. The van der Waals surface area contributed by atoms with E-state index in [4.69, 9.17) is 15.2 Å². The van der Waals surface area contributed by atoms with Crippen LogP contribution in [0.4, 0.5) is 17.6 Å². The van der Waals surface area contributed by atoms with Crippen LogP contribution in [0.3, 0.4) is 0 Å². The molecule has 2 N–H and O–H groups in total. The van der Waals surface area contributed by atoms with Gasteiger partial charge in [0.15, 0.2) is 11.5 Å². The van der Waals surface area contributed by atoms with E-state index in [0.717, 1.165) is 18.2 Å². The van der Waals surface area contributed by atoms with Crippen molar-refractivity contribution in [1.29, 1.82) is 0 Å². The van der Waals surface area contributed by atoms with Crippen LogP contribution in [-0.4, -0.2) is 20.6 Å². The molecule has 2 aromatic carbocycles. The molecule has 0 unspecified atom stereocenters. The minimum atomic E-state index is -4.78. The first-order valence-corrected chi connectivity index (χ1v) is 6.78. The van der Waals surface area contributed by atoms with Gasteiger partial charge < -0.3 is 19.9 Å². The van der Waals surface area contributed by atoms with Crippen LogP contribution in [0, 0.1) is 5.82 Å². The highest BCUT2D eigenvalue weighted by Gasteiger charge is 2.31. The van der Waals surface area contributed by atoms with E-state index < -0.39 is 18.2 Å². The van der Waals surface area contributed by atoms with Gasteiger partial charge in [0, 0.05) is 11.6 Å². The monoisotopic (exact) mass is 345 g/mol. The standard InChI is InChI=1S/C16H15F4NO3/c1-22-13-7-11(12(17)8-14(13)23-2)15(21)9-3-5-10(6-4-9)24-16(18,19)20/h3-8,15H,21H2,1-2H3/t15-/m0/s1. The van der Waals surface area contributed by atoms with Crippen LogP contribution in [0.15, 0.2) is 36.4 Å². The summed E-state index contributed by atoms with van der Waals surface area (Å²) >= 11 is 0. The normalized spacial score (nSPS) is 12.6. The smallest absolute Gasteiger partial charge is 0.493 e. The minimum Gasteiger partial charge on any atom is -0.493 e. The number of benzene rings is 2. The minimum absolute atomic E-state index is 0.122. The van der Waals surface area contributed by atoms with E-state index in [1.807, 2.05) is 0 Å². The van der Waals surface area contributed by atoms with E-state index in [-0.39, 0.29) is 17.1 Å². The number of halogens is 4. The molecule has 0 heterocycles. The summed E-state index contributed by atoms with van der Waals surface area (Å²) in [5.74, 6) is -0.497. The van der Waals surface area contributed by atoms with Crippen LogP contribution >= 0.6 is 0 Å². The number of hydrogen-bond donors (Lipinski definition) is 1. The number of nitrogens with two attached hydrogens (primary N) is 1. The van der Waals surface area contributed by atoms with Gasteiger partial charge in [0.1, 0.15) is 11.6 Å². The first-order chi connectivity index (χ1) is 11.2. The second-order valence-corrected chi connectivity index (χ2v) is 4.82. The van der Waals surface area contributed by atoms with Gasteiger partial charge in [0.25, 0.3) is 0 Å². The maximum absolute atomic E-state index is 14.2. The average molecular weight is 345 g/mol. The van der Waals surface area contributed by atoms with Crippen LogP contribution in [0.2, 0.25) is 0 Å². The summed E-state index contributed by atoms with van der Waals surface area (Å²) in [5, 5.41) is 0. The fourth-order valence-corrected chi connectivity index (χ4v) is 2.16. The van der Waals surface area contributed by atoms with Crippen LogP contribution < -0.4 is 19.9 Å². The molecule has 0 aliphatic heterocycles. The quantitative estimate of drug-likeness (QED) is 0.838. The molecule has 0 amide bonds. The van der Waals surface area contributed by atoms with Crippen molar-refractivity contribution in [2.24, 2.45) is 5.73 Å². The molecule has 0 aromatic heterocycles. The fraction of sp³-hybridized carbons (Fsp3) is 0.250. The topological polar surface area (TPSA) is 53.7 Å². The molecule has 1 atom stereocenters. The van der Waals surface area contributed by atoms with Crippen LogP contribution in [0.1, 0.15) is 17.2 Å². The summed E-state index contributed by atoms with van der Waals surface area (Å²) in [7, 11) is 2.77. The van der Waals surface area contributed by atoms with E-state index >= 15 is 0 Å². The molecule has 0 saturated heterocycles. The summed E-state index contributed by atoms with van der Waals surface area (Å²) in [6.07, 6.45) is -4.78. The van der Waals surface area contributed by atoms with Crippen LogP contribution in [0.25, 0.3) is 0 Å². The Morgan fingerprint density at radius 1 is 0.958 bits per heavy atom. The van der Waals surface area contributed by atoms with E-state index in [2.05, 4.69) is 4.74 Å². The molecule has 24 heavy (non-hydrogen) atoms. The maximum atomic E-state index is 14.2. The number of rotatable bonds is 5. The zero-order valence-electron chi connectivity index (χ0n) is 12.9. The van der Waals surface area contributed by atoms with Crippen molar-refractivity contribution < 1.29 is 31.8 Å². The lowest BCUT2D eigenvalue weighted by Gasteiger charge is -2.17. The van der Waals surface area contributed by atoms with Crippen LogP contribution in [0.5, 0.6) is 17.2 Å². The van der Waals surface area contributed by atoms with Gasteiger partial charge in [-0.15, -0.1) is 13.2 Å². The van der Waals surface area contributed by atoms with Gasteiger partial charge in [-0.3, -0.25) is 0 Å². The maximum Gasteiger partial charge on any atom is 0.573 e. The zero-order chi connectivity index (χ0) is 17.9. The SMILES string of the molecule is COc1cc(F)c([C@@H](N)c2ccc(OC(F)(F)F)cc2)cc1OC. The Bertz CT molecular complexity index is 702. The van der Waals surface area contributed by atoms with Crippen molar-refractivity contribution in [2.75, 3.05) is 14.2 Å². The molecular weight excluding hydrogens is 330 g/mol. The summed E-state index contributed by atoms with van der Waals surface area (Å²) in [5.41, 5.74) is 6.55. The van der Waals surface area contributed by atoms with Crippen molar-refractivity contribution in [1.82, 2.24) is 0 Å².